The van der Waals surface area contributed by atoms with E-state index in [4.69, 9.17) is 9.47 Å². The summed E-state index contributed by atoms with van der Waals surface area (Å²) in [6.07, 6.45) is 5.87. The summed E-state index contributed by atoms with van der Waals surface area (Å²) in [5.74, 6) is 0.473. The van der Waals surface area contributed by atoms with Crippen molar-refractivity contribution in [1.29, 1.82) is 0 Å². The average molecular weight is 423 g/mol. The maximum atomic E-state index is 12.6. The molecule has 6 nitrogen and oxygen atoms in total. The van der Waals surface area contributed by atoms with Crippen molar-refractivity contribution < 1.29 is 22.7 Å². The second-order valence-corrected chi connectivity index (χ2v) is 8.47. The Balaban J connectivity index is 1.78. The summed E-state index contributed by atoms with van der Waals surface area (Å²) in [5.41, 5.74) is 1.86. The molecule has 2 aromatic carbocycles. The van der Waals surface area contributed by atoms with Crippen LogP contribution in [-0.4, -0.2) is 32.6 Å². The molecule has 0 amide bonds. The van der Waals surface area contributed by atoms with E-state index in [0.717, 1.165) is 17.5 Å². The summed E-state index contributed by atoms with van der Waals surface area (Å²) in [5, 5.41) is 0. The number of pyridine rings is 1. The SMILES string of the molecule is COc1cc(C(=O)/C=C/c2ccccc2OCc2ccccn2)ccc1S(C)(=O)=O. The van der Waals surface area contributed by atoms with Gasteiger partial charge in [-0.05, 0) is 48.6 Å². The lowest BCUT2D eigenvalue weighted by Gasteiger charge is -2.09. The Bertz CT molecular complexity index is 1170. The highest BCUT2D eigenvalue weighted by atomic mass is 32.2. The predicted molar refractivity (Wildman–Crippen MR) is 114 cm³/mol. The number of benzene rings is 2. The minimum atomic E-state index is -3.45. The number of para-hydroxylation sites is 1. The van der Waals surface area contributed by atoms with E-state index in [0.29, 0.717) is 17.9 Å². The fraction of sp³-hybridized carbons (Fsp3) is 0.130. The Morgan fingerprint density at radius 3 is 2.50 bits per heavy atom. The first kappa shape index (κ1) is 21.3. The number of ketones is 1. The van der Waals surface area contributed by atoms with E-state index in [2.05, 4.69) is 4.98 Å². The van der Waals surface area contributed by atoms with Crippen LogP contribution >= 0.6 is 0 Å². The number of ether oxygens (including phenoxy) is 2. The molecule has 3 aromatic rings. The van der Waals surface area contributed by atoms with E-state index >= 15 is 0 Å². The summed E-state index contributed by atoms with van der Waals surface area (Å²) in [6.45, 7) is 0.309. The number of methoxy groups -OCH3 is 1. The molecule has 1 heterocycles. The molecule has 0 atom stereocenters. The molecule has 0 radical (unpaired) electrons. The number of carbonyl (C=O) groups excluding carboxylic acids is 1. The molecule has 0 saturated carbocycles. The average Bonchev–Trinajstić information content (AvgIpc) is 2.76. The van der Waals surface area contributed by atoms with Crippen LogP contribution in [0, 0.1) is 0 Å². The van der Waals surface area contributed by atoms with E-state index in [9.17, 15) is 13.2 Å². The number of nitrogens with zero attached hydrogens (tertiary/aromatic N) is 1. The fourth-order valence-corrected chi connectivity index (χ4v) is 3.60. The van der Waals surface area contributed by atoms with E-state index in [-0.39, 0.29) is 16.4 Å². The Kier molecular flexibility index (Phi) is 6.64. The van der Waals surface area contributed by atoms with Crippen molar-refractivity contribution in [3.8, 4) is 11.5 Å². The highest BCUT2D eigenvalue weighted by Crippen LogP contribution is 2.26. The van der Waals surface area contributed by atoms with Gasteiger partial charge in [0.25, 0.3) is 0 Å². The van der Waals surface area contributed by atoms with Crippen molar-refractivity contribution in [2.45, 2.75) is 11.5 Å². The van der Waals surface area contributed by atoms with E-state index in [1.165, 1.54) is 31.4 Å². The number of rotatable bonds is 8. The van der Waals surface area contributed by atoms with Crippen LogP contribution in [0.25, 0.3) is 6.08 Å². The molecule has 0 aliphatic carbocycles. The second kappa shape index (κ2) is 9.37. The summed E-state index contributed by atoms with van der Waals surface area (Å²) in [6, 6.07) is 17.2. The monoisotopic (exact) mass is 423 g/mol. The third-order valence-electron chi connectivity index (χ3n) is 4.28. The molecule has 0 aliphatic heterocycles. The lowest BCUT2D eigenvalue weighted by atomic mass is 10.1. The number of carbonyl (C=O) groups is 1. The first-order valence-electron chi connectivity index (χ1n) is 9.11. The van der Waals surface area contributed by atoms with Crippen molar-refractivity contribution in [1.82, 2.24) is 4.98 Å². The van der Waals surface area contributed by atoms with Gasteiger partial charge in [-0.1, -0.05) is 24.3 Å². The lowest BCUT2D eigenvalue weighted by molar-refractivity contribution is 0.104. The normalized spacial score (nSPS) is 11.4. The Morgan fingerprint density at radius 1 is 1.03 bits per heavy atom. The number of hydrogen-bond donors (Lipinski definition) is 0. The molecule has 30 heavy (non-hydrogen) atoms. The molecule has 3 rings (SSSR count). The van der Waals surface area contributed by atoms with Gasteiger partial charge >= 0.3 is 0 Å². The minimum absolute atomic E-state index is 0.0406. The Hall–Kier alpha value is -3.45. The second-order valence-electron chi connectivity index (χ2n) is 6.48. The molecular weight excluding hydrogens is 402 g/mol. The van der Waals surface area contributed by atoms with Crippen LogP contribution in [0.5, 0.6) is 11.5 Å². The molecule has 0 spiro atoms. The van der Waals surface area contributed by atoms with Gasteiger partial charge in [0.15, 0.2) is 15.6 Å². The summed E-state index contributed by atoms with van der Waals surface area (Å²) in [7, 11) is -2.09. The largest absolute Gasteiger partial charge is 0.495 e. The van der Waals surface area contributed by atoms with Crippen LogP contribution < -0.4 is 9.47 Å². The van der Waals surface area contributed by atoms with Gasteiger partial charge in [-0.25, -0.2) is 8.42 Å². The minimum Gasteiger partial charge on any atom is -0.495 e. The van der Waals surface area contributed by atoms with Crippen LogP contribution in [0.2, 0.25) is 0 Å². The van der Waals surface area contributed by atoms with Gasteiger partial charge in [0.2, 0.25) is 0 Å². The maximum Gasteiger partial charge on any atom is 0.185 e. The Labute approximate surface area is 175 Å². The van der Waals surface area contributed by atoms with Gasteiger partial charge in [0.1, 0.15) is 23.0 Å². The van der Waals surface area contributed by atoms with E-state index < -0.39 is 9.84 Å². The standard InChI is InChI=1S/C23H21NO5S/c1-28-22-15-18(11-13-23(22)30(2,26)27)20(25)12-10-17-7-3-4-9-21(17)29-16-19-8-5-6-14-24-19/h3-15H,16H2,1-2H3/b12-10+. The van der Waals surface area contributed by atoms with Crippen molar-refractivity contribution in [3.63, 3.8) is 0 Å². The van der Waals surface area contributed by atoms with Crippen LogP contribution in [0.15, 0.2) is 77.8 Å². The van der Waals surface area contributed by atoms with Gasteiger partial charge in [0.05, 0.1) is 12.8 Å². The zero-order chi connectivity index (χ0) is 21.6. The molecule has 0 N–H and O–H groups in total. The van der Waals surface area contributed by atoms with Crippen LogP contribution in [-0.2, 0) is 16.4 Å². The number of sulfone groups is 1. The quantitative estimate of drug-likeness (QED) is 0.403. The molecule has 7 heteroatoms. The van der Waals surface area contributed by atoms with Crippen molar-refractivity contribution in [2.75, 3.05) is 13.4 Å². The predicted octanol–water partition coefficient (Wildman–Crippen LogP) is 3.97. The molecule has 0 unspecified atom stereocenters. The van der Waals surface area contributed by atoms with Gasteiger partial charge in [-0.3, -0.25) is 9.78 Å². The highest BCUT2D eigenvalue weighted by Gasteiger charge is 2.16. The van der Waals surface area contributed by atoms with E-state index in [1.807, 2.05) is 42.5 Å². The number of hydrogen-bond acceptors (Lipinski definition) is 6. The Morgan fingerprint density at radius 2 is 1.80 bits per heavy atom. The van der Waals surface area contributed by atoms with Gasteiger partial charge in [-0.2, -0.15) is 0 Å². The molecule has 0 fully saturated rings. The lowest BCUT2D eigenvalue weighted by Crippen LogP contribution is -2.03. The van der Waals surface area contributed by atoms with Crippen molar-refractivity contribution in [3.05, 3.63) is 89.8 Å². The van der Waals surface area contributed by atoms with Gasteiger partial charge in [-0.15, -0.1) is 0 Å². The van der Waals surface area contributed by atoms with Gasteiger partial charge in [0, 0.05) is 23.6 Å². The fourth-order valence-electron chi connectivity index (χ4n) is 2.77. The zero-order valence-electron chi connectivity index (χ0n) is 16.6. The molecule has 154 valence electrons. The third kappa shape index (κ3) is 5.33. The van der Waals surface area contributed by atoms with Crippen LogP contribution in [0.1, 0.15) is 21.6 Å². The summed E-state index contributed by atoms with van der Waals surface area (Å²) < 4.78 is 34.6. The first-order valence-corrected chi connectivity index (χ1v) is 11.0. The smallest absolute Gasteiger partial charge is 0.185 e. The van der Waals surface area contributed by atoms with Crippen molar-refractivity contribution in [2.24, 2.45) is 0 Å². The topological polar surface area (TPSA) is 82.6 Å². The first-order chi connectivity index (χ1) is 14.4. The highest BCUT2D eigenvalue weighted by molar-refractivity contribution is 7.90. The van der Waals surface area contributed by atoms with Gasteiger partial charge < -0.3 is 9.47 Å². The molecule has 0 aliphatic rings. The van der Waals surface area contributed by atoms with E-state index in [1.54, 1.807) is 12.3 Å². The molecule has 0 saturated heterocycles. The maximum absolute atomic E-state index is 12.6. The molecule has 0 bridgehead atoms. The number of allylic oxidation sites excluding steroid dienone is 1. The molecular formula is C23H21NO5S. The summed E-state index contributed by atoms with van der Waals surface area (Å²) in [4.78, 5) is 16.9. The third-order valence-corrected chi connectivity index (χ3v) is 5.42. The van der Waals surface area contributed by atoms with Crippen LogP contribution in [0.3, 0.4) is 0 Å². The molecule has 1 aromatic heterocycles. The van der Waals surface area contributed by atoms with Crippen molar-refractivity contribution >= 4 is 21.7 Å². The number of aromatic nitrogens is 1. The summed E-state index contributed by atoms with van der Waals surface area (Å²) >= 11 is 0. The zero-order valence-corrected chi connectivity index (χ0v) is 17.4. The van der Waals surface area contributed by atoms with Crippen LogP contribution in [0.4, 0.5) is 0 Å².